The minimum atomic E-state index is -4.92. The lowest BCUT2D eigenvalue weighted by Crippen LogP contribution is -2.19. The average Bonchev–Trinajstić information content (AvgIpc) is 2.11. The van der Waals surface area contributed by atoms with E-state index in [1.807, 2.05) is 0 Å². The first kappa shape index (κ1) is 12.3. The molecule has 2 N–H and O–H groups in total. The second kappa shape index (κ2) is 4.36. The highest BCUT2D eigenvalue weighted by atomic mass is 19.4. The number of halogens is 3. The predicted octanol–water partition coefficient (Wildman–Crippen LogP) is 3.45. The molecule has 0 aliphatic rings. The molecule has 0 aliphatic carbocycles. The zero-order valence-electron chi connectivity index (χ0n) is 8.49. The molecule has 8 heteroatoms. The van der Waals surface area contributed by atoms with E-state index in [4.69, 9.17) is 11.3 Å². The summed E-state index contributed by atoms with van der Waals surface area (Å²) >= 11 is 0. The standard InChI is InChI=1S/C8H9BF3N4/c1-5-7(13)2-6(4-9(10,11)12)3-8(5)15-16-14/h2-3H,4,13H2,1H3/q-1. The molecule has 0 unspecified atom stereocenters. The van der Waals surface area contributed by atoms with E-state index in [9.17, 15) is 12.9 Å². The summed E-state index contributed by atoms with van der Waals surface area (Å²) < 4.78 is 36.6. The summed E-state index contributed by atoms with van der Waals surface area (Å²) in [6, 6.07) is 2.46. The normalized spacial score (nSPS) is 11.0. The molecule has 0 spiro atoms. The minimum absolute atomic E-state index is 0.0120. The van der Waals surface area contributed by atoms with E-state index in [2.05, 4.69) is 10.0 Å². The number of benzene rings is 1. The van der Waals surface area contributed by atoms with Crippen LogP contribution < -0.4 is 5.73 Å². The smallest absolute Gasteiger partial charge is 0.449 e. The fourth-order valence-electron chi connectivity index (χ4n) is 1.32. The molecule has 0 saturated carbocycles. The van der Waals surface area contributed by atoms with E-state index in [0.717, 1.165) is 0 Å². The van der Waals surface area contributed by atoms with E-state index in [1.165, 1.54) is 12.1 Å². The summed E-state index contributed by atoms with van der Waals surface area (Å²) in [6.07, 6.45) is -1.03. The van der Waals surface area contributed by atoms with Gasteiger partial charge in [-0.25, -0.2) is 0 Å². The summed E-state index contributed by atoms with van der Waals surface area (Å²) in [5.41, 5.74) is 14.6. The van der Waals surface area contributed by atoms with Gasteiger partial charge in [-0.05, 0) is 24.1 Å². The first-order chi connectivity index (χ1) is 7.33. The van der Waals surface area contributed by atoms with Crippen LogP contribution in [0, 0.1) is 6.92 Å². The molecule has 0 radical (unpaired) electrons. The van der Waals surface area contributed by atoms with Gasteiger partial charge in [-0.15, -0.1) is 0 Å². The number of nitrogens with zero attached hydrogens (tertiary/aromatic N) is 3. The third kappa shape index (κ3) is 3.10. The number of azide groups is 1. The Labute approximate surface area is 89.9 Å². The molecular formula is C8H9BF3N4-. The van der Waals surface area contributed by atoms with E-state index < -0.39 is 13.3 Å². The molecule has 1 aromatic carbocycles. The Bertz CT molecular complexity index is 451. The van der Waals surface area contributed by atoms with Crippen LogP contribution in [0.25, 0.3) is 10.4 Å². The predicted molar refractivity (Wildman–Crippen MR) is 57.2 cm³/mol. The van der Waals surface area contributed by atoms with Gasteiger partial charge in [-0.1, -0.05) is 23.1 Å². The zero-order valence-corrected chi connectivity index (χ0v) is 8.49. The molecule has 0 heterocycles. The fourth-order valence-corrected chi connectivity index (χ4v) is 1.32. The third-order valence-corrected chi connectivity index (χ3v) is 2.10. The van der Waals surface area contributed by atoms with Crippen LogP contribution >= 0.6 is 0 Å². The van der Waals surface area contributed by atoms with Crippen LogP contribution in [0.2, 0.25) is 0 Å². The van der Waals surface area contributed by atoms with E-state index >= 15 is 0 Å². The third-order valence-electron chi connectivity index (χ3n) is 2.10. The molecule has 0 amide bonds. The lowest BCUT2D eigenvalue weighted by atomic mass is 9.81. The molecule has 16 heavy (non-hydrogen) atoms. The summed E-state index contributed by atoms with van der Waals surface area (Å²) in [7, 11) is 0. The summed E-state index contributed by atoms with van der Waals surface area (Å²) in [5, 5.41) is 3.30. The lowest BCUT2D eigenvalue weighted by molar-refractivity contribution is 0.468. The van der Waals surface area contributed by atoms with Crippen molar-refractivity contribution in [3.63, 3.8) is 0 Å². The quantitative estimate of drug-likeness (QED) is 0.278. The zero-order chi connectivity index (χ0) is 12.3. The summed E-state index contributed by atoms with van der Waals surface area (Å²) in [4.78, 5) is 2.54. The Morgan fingerprint density at radius 1 is 1.44 bits per heavy atom. The molecule has 0 aromatic heterocycles. The van der Waals surface area contributed by atoms with Gasteiger partial charge in [0.15, 0.2) is 0 Å². The van der Waals surface area contributed by atoms with Gasteiger partial charge in [0.2, 0.25) is 0 Å². The van der Waals surface area contributed by atoms with Crippen LogP contribution in [0.1, 0.15) is 11.1 Å². The Kier molecular flexibility index (Phi) is 3.34. The van der Waals surface area contributed by atoms with Gasteiger partial charge in [0, 0.05) is 16.3 Å². The summed E-state index contributed by atoms with van der Waals surface area (Å²) in [6.45, 7) is -3.34. The molecule has 0 atom stereocenters. The number of hydrogen-bond acceptors (Lipinski definition) is 2. The Morgan fingerprint density at radius 3 is 2.56 bits per heavy atom. The fraction of sp³-hybridized carbons (Fsp3) is 0.250. The molecule has 1 rings (SSSR count). The number of rotatable bonds is 3. The highest BCUT2D eigenvalue weighted by molar-refractivity contribution is 6.57. The van der Waals surface area contributed by atoms with Crippen molar-refractivity contribution in [3.05, 3.63) is 33.7 Å². The van der Waals surface area contributed by atoms with E-state index in [0.29, 0.717) is 5.56 Å². The van der Waals surface area contributed by atoms with Crippen LogP contribution in [0.4, 0.5) is 24.3 Å². The van der Waals surface area contributed by atoms with Crippen molar-refractivity contribution in [2.45, 2.75) is 13.2 Å². The molecule has 0 aliphatic heterocycles. The SMILES string of the molecule is Cc1c(N)cc(C[B-](F)(F)F)cc1N=[N+]=[N-]. The van der Waals surface area contributed by atoms with Crippen molar-refractivity contribution >= 4 is 18.4 Å². The Hall–Kier alpha value is -1.82. The molecule has 1 aromatic rings. The Morgan fingerprint density at radius 2 is 2.06 bits per heavy atom. The van der Waals surface area contributed by atoms with E-state index in [1.54, 1.807) is 6.92 Å². The van der Waals surface area contributed by atoms with Crippen molar-refractivity contribution in [2.24, 2.45) is 5.11 Å². The highest BCUT2D eigenvalue weighted by Gasteiger charge is 2.23. The lowest BCUT2D eigenvalue weighted by Gasteiger charge is -2.15. The summed E-state index contributed by atoms with van der Waals surface area (Å²) in [5.74, 6) is 0. The number of hydrogen-bond donors (Lipinski definition) is 1. The maximum absolute atomic E-state index is 12.2. The first-order valence-corrected chi connectivity index (χ1v) is 4.48. The van der Waals surface area contributed by atoms with Gasteiger partial charge in [-0.2, -0.15) is 0 Å². The number of nitrogen functional groups attached to an aromatic ring is 1. The maximum Gasteiger partial charge on any atom is 0.482 e. The van der Waals surface area contributed by atoms with Crippen LogP contribution in [0.3, 0.4) is 0 Å². The van der Waals surface area contributed by atoms with Gasteiger partial charge in [0.1, 0.15) is 0 Å². The number of nitrogens with two attached hydrogens (primary N) is 1. The maximum atomic E-state index is 12.2. The van der Waals surface area contributed by atoms with Crippen molar-refractivity contribution in [3.8, 4) is 0 Å². The second-order valence-corrected chi connectivity index (χ2v) is 3.43. The van der Waals surface area contributed by atoms with Gasteiger partial charge in [0.25, 0.3) is 0 Å². The molecule has 0 bridgehead atoms. The van der Waals surface area contributed by atoms with Crippen LogP contribution in [-0.2, 0) is 6.32 Å². The van der Waals surface area contributed by atoms with E-state index in [-0.39, 0.29) is 16.9 Å². The van der Waals surface area contributed by atoms with Gasteiger partial charge >= 0.3 is 6.98 Å². The largest absolute Gasteiger partial charge is 0.482 e. The van der Waals surface area contributed by atoms with Crippen LogP contribution in [0.15, 0.2) is 17.2 Å². The molecular weight excluding hydrogens is 220 g/mol. The average molecular weight is 229 g/mol. The highest BCUT2D eigenvalue weighted by Crippen LogP contribution is 2.28. The van der Waals surface area contributed by atoms with Crippen LogP contribution in [0.5, 0.6) is 0 Å². The van der Waals surface area contributed by atoms with Crippen molar-refractivity contribution in [2.75, 3.05) is 5.73 Å². The van der Waals surface area contributed by atoms with Crippen molar-refractivity contribution in [1.29, 1.82) is 0 Å². The topological polar surface area (TPSA) is 74.8 Å². The van der Waals surface area contributed by atoms with Crippen molar-refractivity contribution in [1.82, 2.24) is 0 Å². The van der Waals surface area contributed by atoms with Crippen molar-refractivity contribution < 1.29 is 12.9 Å². The van der Waals surface area contributed by atoms with Gasteiger partial charge in [0.05, 0.1) is 0 Å². The molecule has 0 fully saturated rings. The molecule has 0 saturated heterocycles. The van der Waals surface area contributed by atoms with Gasteiger partial charge < -0.3 is 18.7 Å². The van der Waals surface area contributed by atoms with Gasteiger partial charge in [-0.3, -0.25) is 0 Å². The molecule has 86 valence electrons. The second-order valence-electron chi connectivity index (χ2n) is 3.43. The Balaban J connectivity index is 3.19. The molecule has 4 nitrogen and oxygen atoms in total. The minimum Gasteiger partial charge on any atom is -0.449 e. The first-order valence-electron chi connectivity index (χ1n) is 4.48. The number of anilines is 1. The monoisotopic (exact) mass is 229 g/mol. The van der Waals surface area contributed by atoms with Crippen LogP contribution in [-0.4, -0.2) is 6.98 Å².